The second kappa shape index (κ2) is 46.8. The smallest absolute Gasteiger partial charge is 0.275 e. The number of aromatic amines is 2. The maximum absolute atomic E-state index is 13.5. The van der Waals surface area contributed by atoms with Crippen LogP contribution in [-0.2, 0) is 40.3 Å². The molecule has 9 aromatic carbocycles. The highest BCUT2D eigenvalue weighted by Gasteiger charge is 2.48. The number of fused-ring (bicyclic) bond motifs is 4. The average Bonchev–Trinajstić information content (AvgIpc) is 1.55. The normalized spacial score (nSPS) is 21.6. The van der Waals surface area contributed by atoms with Crippen molar-refractivity contribution in [3.05, 3.63) is 394 Å². The van der Waals surface area contributed by atoms with Crippen LogP contribution in [0.4, 0.5) is 15.8 Å². The number of hydrogen-bond donors (Lipinski definition) is 11. The summed E-state index contributed by atoms with van der Waals surface area (Å²) in [6, 6.07) is 78.7. The Labute approximate surface area is 812 Å². The molecule has 2 saturated heterocycles. The first-order valence-electron chi connectivity index (χ1n) is 46.1. The van der Waals surface area contributed by atoms with E-state index in [1.165, 1.54) is 64.2 Å². The fraction of sp³-hybridized carbons (Fsp3) is 0.288. The molecule has 1 amide bonds. The molecule has 11 N–H and O–H groups in total. The van der Waals surface area contributed by atoms with Crippen LogP contribution in [-0.4, -0.2) is 139 Å². The van der Waals surface area contributed by atoms with E-state index >= 15 is 0 Å². The van der Waals surface area contributed by atoms with Crippen molar-refractivity contribution in [2.75, 3.05) is 11.6 Å². The number of nitrogens with one attached hydrogen (secondary N) is 7. The molecule has 137 heavy (non-hydrogen) atoms. The van der Waals surface area contributed by atoms with Crippen LogP contribution in [0, 0.1) is 39.4 Å². The molecule has 0 spiro atoms. The van der Waals surface area contributed by atoms with Crippen LogP contribution in [0.15, 0.2) is 298 Å². The number of aliphatic hydroxyl groups excluding tert-OH is 4. The molecule has 1 aliphatic carbocycles. The van der Waals surface area contributed by atoms with Gasteiger partial charge in [0.25, 0.3) is 5.56 Å². The average molecular weight is 1910 g/mol. The Morgan fingerprint density at radius 3 is 1.87 bits per heavy atom. The van der Waals surface area contributed by atoms with Crippen LogP contribution in [0.3, 0.4) is 0 Å². The minimum absolute atomic E-state index is 0.00593. The number of amides is 1. The first-order chi connectivity index (χ1) is 65.8. The third-order valence-corrected chi connectivity index (χ3v) is 27.1. The zero-order valence-electron chi connectivity index (χ0n) is 79.5. The molecule has 6 aliphatic heterocycles. The van der Waals surface area contributed by atoms with Crippen LogP contribution in [0.25, 0.3) is 28.3 Å². The zero-order chi connectivity index (χ0) is 98.0. The second-order valence-corrected chi connectivity index (χ2v) is 37.9. The molecule has 10 heterocycles. The highest BCUT2D eigenvalue weighted by Crippen LogP contribution is 2.44. The van der Waals surface area contributed by atoms with Crippen molar-refractivity contribution >= 4 is 103 Å². The fourth-order valence-electron chi connectivity index (χ4n) is 17.5. The molecule has 7 aliphatic rings. The monoisotopic (exact) mass is 1900 g/mol. The van der Waals surface area contributed by atoms with Gasteiger partial charge in [-0.15, -0.1) is 0 Å². The van der Waals surface area contributed by atoms with Gasteiger partial charge in [0, 0.05) is 101 Å². The van der Waals surface area contributed by atoms with E-state index in [1.54, 1.807) is 31.6 Å². The van der Waals surface area contributed by atoms with Crippen molar-refractivity contribution in [1.82, 2.24) is 45.4 Å². The molecule has 6 unspecified atom stereocenters. The summed E-state index contributed by atoms with van der Waals surface area (Å²) in [6.45, 7) is 25.6. The topological polar surface area (TPSA) is 315 Å². The van der Waals surface area contributed by atoms with Crippen LogP contribution in [0.5, 0.6) is 0 Å². The van der Waals surface area contributed by atoms with Gasteiger partial charge in [-0.2, -0.15) is 0 Å². The maximum Gasteiger partial charge on any atom is 0.275 e. The summed E-state index contributed by atoms with van der Waals surface area (Å²) >= 11 is 12.2. The Morgan fingerprint density at radius 2 is 1.26 bits per heavy atom. The Morgan fingerprint density at radius 1 is 0.642 bits per heavy atom. The number of ketones is 2. The lowest BCUT2D eigenvalue weighted by atomic mass is 9.93. The van der Waals surface area contributed by atoms with E-state index in [0.29, 0.717) is 32.6 Å². The summed E-state index contributed by atoms with van der Waals surface area (Å²) in [4.78, 5) is 66.9. The number of aliphatic hydroxyl groups is 4. The van der Waals surface area contributed by atoms with Gasteiger partial charge in [0.2, 0.25) is 17.5 Å². The van der Waals surface area contributed by atoms with E-state index in [4.69, 9.17) is 27.9 Å². The van der Waals surface area contributed by atoms with Gasteiger partial charge >= 0.3 is 0 Å². The summed E-state index contributed by atoms with van der Waals surface area (Å²) in [6.07, 6.45) is 9.49. The highest BCUT2D eigenvalue weighted by atomic mass is 35.5. The van der Waals surface area contributed by atoms with Gasteiger partial charge < -0.3 is 70.8 Å². The largest absolute Gasteiger partial charge is 0.471 e. The third kappa shape index (κ3) is 24.8. The Bertz CT molecular complexity index is 6600. The molecule has 14 atom stereocenters. The third-order valence-electron chi connectivity index (χ3n) is 25.6. The fourth-order valence-corrected chi connectivity index (χ4v) is 18.5. The molecule has 26 heteroatoms. The predicted molar refractivity (Wildman–Crippen MR) is 549 cm³/mol. The quantitative estimate of drug-likeness (QED) is 0.0425. The molecule has 20 rings (SSSR count). The number of para-hydroxylation sites is 2. The van der Waals surface area contributed by atoms with Crippen LogP contribution >= 0.6 is 23.2 Å². The molecule has 0 bridgehead atoms. The molecule has 13 aromatic rings. The summed E-state index contributed by atoms with van der Waals surface area (Å²) < 4.78 is 34.9. The molecule has 0 saturated carbocycles. The number of carbonyl (C=O) groups excluding carboxylic acids is 3. The maximum atomic E-state index is 13.5. The van der Waals surface area contributed by atoms with Gasteiger partial charge in [0.05, 0.1) is 64.1 Å². The highest BCUT2D eigenvalue weighted by molar-refractivity contribution is 7.84. The summed E-state index contributed by atoms with van der Waals surface area (Å²) in [5, 5.41) is 56.2. The number of aliphatic imine (C=N–C) groups is 2. The number of aromatic nitrogens is 5. The van der Waals surface area contributed by atoms with Crippen molar-refractivity contribution in [1.29, 1.82) is 0 Å². The standard InChI is InChI=1S/C19H17FOS.C16H15NO.C15H15NO.C14H15NO.C13H11Cl2N.C12H18N4O3.C11H14N4O3.C11H16/c1-12-13(2)19-11-15(20)6-9-17(19)18(12)10-14-4-7-16(8-5-14)22(3)21;1-12-17-15(13-8-4-2-5-9-13)16(18-12)14-10-6-3-7-11-14;1-11-9-10-16-13(11)7-8-14(16)15(17)12-5-3-2-4-6-12;1-10-4-7-12(8-5-10)14(16)13-9-6-11(2)15(13)3;1-9-5-2-3-8-12(9)16-13-10(14)6-4-7-11(13)15;1-2-6-10(17)11(18)8(16-6)5-3-13-9-7(5)14-4-15-12(9)19;1-4-9(16)10(17)7(15-4)5-2-12-8-6(5)13-3-14-11(8)18;1-9(2)8-11-6-4-10(3)5-7-11/h4-11H,1-3H3;2-11,15-16H,1H3;2-8,11H,9-10H2,1H3;4-9H,1-3H3;2-8,16H,1H3;3-4,6-11,13,16-18H,2H2,1H3,(H,14,15,19);2-4,7,9-10,12,15-17H,1H3,(H,13,14,18);4-7,9H,8H2,1-3H3/b18-10-;;;;;;;/t;;;;;6-,7?,8+,9?,10-,11+;4-,7+,9-,10+;/m.....11./s1. The van der Waals surface area contributed by atoms with Crippen molar-refractivity contribution in [3.8, 4) is 0 Å². The molecule has 0 radical (unpaired) electrons. The van der Waals surface area contributed by atoms with Gasteiger partial charge in [0.1, 0.15) is 47.2 Å². The van der Waals surface area contributed by atoms with E-state index in [9.17, 15) is 48.2 Å². The van der Waals surface area contributed by atoms with Crippen LogP contribution in [0.2, 0.25) is 10.0 Å². The number of halogens is 3. The molecular formula is C111H121Cl2FN12O10S. The number of H-pyrrole nitrogens is 2. The number of allylic oxidation sites excluding steroid dienone is 3. The van der Waals surface area contributed by atoms with Gasteiger partial charge in [-0.25, -0.2) is 14.4 Å². The summed E-state index contributed by atoms with van der Waals surface area (Å²) in [5.74, 6) is 1.97. The van der Waals surface area contributed by atoms with Crippen molar-refractivity contribution in [2.45, 2.75) is 193 Å². The van der Waals surface area contributed by atoms with Gasteiger partial charge in [-0.3, -0.25) is 28.4 Å². The lowest BCUT2D eigenvalue weighted by Gasteiger charge is -2.25. The molecule has 22 nitrogen and oxygen atoms in total. The molecule has 4 aromatic heterocycles. The summed E-state index contributed by atoms with van der Waals surface area (Å²) in [5.41, 5.74) is 23.3. The van der Waals surface area contributed by atoms with Crippen LogP contribution in [0.1, 0.15) is 191 Å². The number of benzene rings is 9. The van der Waals surface area contributed by atoms with E-state index in [-0.39, 0.29) is 65.2 Å². The number of carbonyl (C=O) groups is 3. The number of ether oxygens (including phenoxy) is 1. The minimum atomic E-state index is -0.964. The number of rotatable bonds is 15. The lowest BCUT2D eigenvalue weighted by Crippen LogP contribution is -2.51. The van der Waals surface area contributed by atoms with Crippen molar-refractivity contribution < 1.29 is 48.1 Å². The SMILES string of the molecule is CC1=C(C)c2cc(F)ccc2/C1=C\c1ccc(S(C)=O)cc1.CC1=NC(c2ccccc2)C(c2ccccc2)O1.CC1CCn2c(C(=O)c3ccccc3)ccc21.CC[C@H]1N[C@@H](C2=CNC3C(=O)NC=NC23)[C@H](O)[C@@H]1O.C[C@H]1N[C@@H](c2c[nH]c3c(=O)[nH]cnc23)[C@H](O)[C@@H]1O.Cc1ccc(C(=O)c2ccc(C)n2C)cc1.Cc1ccc(CC(C)C)cc1.Cc1ccccc1Nc1c(Cl)cccc1Cl. The van der Waals surface area contributed by atoms with E-state index in [1.807, 2.05) is 235 Å². The Balaban J connectivity index is 0.000000133. The Hall–Kier alpha value is -12.9. The first-order valence-corrected chi connectivity index (χ1v) is 48.4. The molecule has 712 valence electrons. The van der Waals surface area contributed by atoms with E-state index in [0.717, 1.165) is 115 Å². The number of aryl methyl sites for hydroxylation is 4. The second-order valence-electron chi connectivity index (χ2n) is 35.7. The molecule has 2 fully saturated rings. The number of anilines is 2. The molecular weight excluding hydrogens is 1780 g/mol. The predicted octanol–water partition coefficient (Wildman–Crippen LogP) is 20.0. The summed E-state index contributed by atoms with van der Waals surface area (Å²) in [7, 11) is 0.949. The first kappa shape index (κ1) is 102. The van der Waals surface area contributed by atoms with Gasteiger partial charge in [0.15, 0.2) is 12.0 Å². The lowest BCUT2D eigenvalue weighted by molar-refractivity contribution is -0.121. The van der Waals surface area contributed by atoms with E-state index in [2.05, 4.69) is 151 Å². The van der Waals surface area contributed by atoms with Gasteiger partial charge in [-0.1, -0.05) is 244 Å². The number of hydrogen-bond acceptors (Lipinski definition) is 17. The minimum Gasteiger partial charge on any atom is -0.471 e. The Kier molecular flexibility index (Phi) is 34.7. The number of nitrogens with zero attached hydrogens (tertiary/aromatic N) is 5. The van der Waals surface area contributed by atoms with E-state index < -0.39 is 47.3 Å². The van der Waals surface area contributed by atoms with Crippen molar-refractivity contribution in [2.24, 2.45) is 23.0 Å². The van der Waals surface area contributed by atoms with Crippen molar-refractivity contribution in [3.63, 3.8) is 0 Å². The van der Waals surface area contributed by atoms with Crippen LogP contribution < -0.4 is 32.1 Å². The zero-order valence-corrected chi connectivity index (χ0v) is 81.8. The van der Waals surface area contributed by atoms with Gasteiger partial charge in [-0.05, 0) is 214 Å².